The third-order valence-corrected chi connectivity index (χ3v) is 3.47. The highest BCUT2D eigenvalue weighted by atomic mass is 14.4. The molecule has 2 aliphatic rings. The largest absolute Gasteiger partial charge is 0.198 e. The van der Waals surface area contributed by atoms with Gasteiger partial charge in [-0.1, -0.05) is 19.3 Å². The van der Waals surface area contributed by atoms with Crippen molar-refractivity contribution in [3.05, 3.63) is 0 Å². The number of nitrogens with zero attached hydrogens (tertiary/aromatic N) is 1. The molecule has 2 fully saturated rings. The van der Waals surface area contributed by atoms with Crippen LogP contribution in [0.3, 0.4) is 0 Å². The van der Waals surface area contributed by atoms with E-state index in [9.17, 15) is 0 Å². The van der Waals surface area contributed by atoms with E-state index in [2.05, 4.69) is 6.07 Å². The van der Waals surface area contributed by atoms with Crippen LogP contribution >= 0.6 is 0 Å². The number of fused-ring (bicyclic) bond motifs is 1. The van der Waals surface area contributed by atoms with E-state index < -0.39 is 0 Å². The fourth-order valence-corrected chi connectivity index (χ4v) is 2.98. The van der Waals surface area contributed by atoms with Gasteiger partial charge in [0.15, 0.2) is 0 Å². The summed E-state index contributed by atoms with van der Waals surface area (Å²) < 4.78 is 0. The summed E-state index contributed by atoms with van der Waals surface area (Å²) in [6.07, 6.45) is 7.89. The van der Waals surface area contributed by atoms with Gasteiger partial charge in [0.1, 0.15) is 0 Å². The zero-order valence-corrected chi connectivity index (χ0v) is 6.92. The van der Waals surface area contributed by atoms with E-state index in [1.165, 1.54) is 32.1 Å². The van der Waals surface area contributed by atoms with Crippen LogP contribution in [0.1, 0.15) is 38.5 Å². The van der Waals surface area contributed by atoms with Crippen LogP contribution in [0.5, 0.6) is 0 Å². The van der Waals surface area contributed by atoms with Gasteiger partial charge in [0.2, 0.25) is 0 Å². The molecule has 0 aliphatic heterocycles. The van der Waals surface area contributed by atoms with Crippen LogP contribution in [0.25, 0.3) is 0 Å². The molecule has 2 rings (SSSR count). The van der Waals surface area contributed by atoms with Crippen molar-refractivity contribution in [1.29, 1.82) is 5.26 Å². The van der Waals surface area contributed by atoms with E-state index in [1.807, 2.05) is 0 Å². The third kappa shape index (κ3) is 1.27. The van der Waals surface area contributed by atoms with Gasteiger partial charge in [0.05, 0.1) is 6.07 Å². The minimum Gasteiger partial charge on any atom is -0.198 e. The van der Waals surface area contributed by atoms with Gasteiger partial charge in [-0.2, -0.15) is 5.26 Å². The molecule has 2 aliphatic carbocycles. The van der Waals surface area contributed by atoms with Gasteiger partial charge in [0.25, 0.3) is 0 Å². The van der Waals surface area contributed by atoms with Crippen molar-refractivity contribution in [3.8, 4) is 6.07 Å². The molecule has 2 unspecified atom stereocenters. The molecule has 0 spiro atoms. The Labute approximate surface area is 68.4 Å². The molecule has 0 aromatic carbocycles. The molecule has 0 radical (unpaired) electrons. The van der Waals surface area contributed by atoms with Gasteiger partial charge >= 0.3 is 0 Å². The standard InChI is InChI=1S/C10H15N/c11-5-4-8-6-9-2-1-3-10(9)7-8/h8-10H,1-4,6-7H2. The fraction of sp³-hybridized carbons (Fsp3) is 0.900. The van der Waals surface area contributed by atoms with E-state index in [4.69, 9.17) is 5.26 Å². The Balaban J connectivity index is 1.90. The SMILES string of the molecule is N#CCC1CC2CCCC2C1. The van der Waals surface area contributed by atoms with Crippen LogP contribution in [-0.2, 0) is 0 Å². The Hall–Kier alpha value is -0.510. The van der Waals surface area contributed by atoms with E-state index in [-0.39, 0.29) is 0 Å². The minimum absolute atomic E-state index is 0.760. The molecule has 2 atom stereocenters. The quantitative estimate of drug-likeness (QED) is 0.562. The van der Waals surface area contributed by atoms with Gasteiger partial charge < -0.3 is 0 Å². The van der Waals surface area contributed by atoms with E-state index in [0.29, 0.717) is 0 Å². The van der Waals surface area contributed by atoms with Crippen LogP contribution < -0.4 is 0 Å². The predicted molar refractivity (Wildman–Crippen MR) is 43.8 cm³/mol. The lowest BCUT2D eigenvalue weighted by molar-refractivity contribution is 0.457. The highest BCUT2D eigenvalue weighted by Gasteiger charge is 2.36. The Kier molecular flexibility index (Phi) is 1.85. The number of hydrogen-bond acceptors (Lipinski definition) is 1. The molecule has 0 saturated heterocycles. The second-order valence-corrected chi connectivity index (χ2v) is 4.15. The average molecular weight is 149 g/mol. The topological polar surface area (TPSA) is 23.8 Å². The average Bonchev–Trinajstić information content (AvgIpc) is 2.46. The number of rotatable bonds is 1. The van der Waals surface area contributed by atoms with Crippen molar-refractivity contribution in [1.82, 2.24) is 0 Å². The van der Waals surface area contributed by atoms with Gasteiger partial charge in [-0.15, -0.1) is 0 Å². The van der Waals surface area contributed by atoms with Crippen molar-refractivity contribution >= 4 is 0 Å². The minimum atomic E-state index is 0.760. The molecule has 0 heterocycles. The molecule has 1 nitrogen and oxygen atoms in total. The Morgan fingerprint density at radius 1 is 1.18 bits per heavy atom. The summed E-state index contributed by atoms with van der Waals surface area (Å²) in [6.45, 7) is 0. The van der Waals surface area contributed by atoms with Crippen molar-refractivity contribution in [2.24, 2.45) is 17.8 Å². The maximum absolute atomic E-state index is 8.54. The molecule has 0 bridgehead atoms. The molecule has 2 saturated carbocycles. The molecule has 0 aromatic heterocycles. The first kappa shape index (κ1) is 7.16. The Morgan fingerprint density at radius 2 is 1.82 bits per heavy atom. The highest BCUT2D eigenvalue weighted by molar-refractivity contribution is 4.91. The molecule has 60 valence electrons. The third-order valence-electron chi connectivity index (χ3n) is 3.47. The van der Waals surface area contributed by atoms with Crippen LogP contribution in [0.2, 0.25) is 0 Å². The molecule has 0 amide bonds. The number of hydrogen-bond donors (Lipinski definition) is 0. The second kappa shape index (κ2) is 2.85. The first-order valence-electron chi connectivity index (χ1n) is 4.77. The molecule has 0 aromatic rings. The Bertz CT molecular complexity index is 168. The summed E-state index contributed by atoms with van der Waals surface area (Å²) >= 11 is 0. The van der Waals surface area contributed by atoms with Crippen LogP contribution in [-0.4, -0.2) is 0 Å². The van der Waals surface area contributed by atoms with Crippen molar-refractivity contribution < 1.29 is 0 Å². The predicted octanol–water partition coefficient (Wildman–Crippen LogP) is 2.73. The van der Waals surface area contributed by atoms with Crippen LogP contribution in [0.4, 0.5) is 0 Å². The highest BCUT2D eigenvalue weighted by Crippen LogP contribution is 2.47. The summed E-state index contributed by atoms with van der Waals surface area (Å²) in [5.41, 5.74) is 0. The smallest absolute Gasteiger partial charge is 0.0624 e. The monoisotopic (exact) mass is 149 g/mol. The summed E-state index contributed by atoms with van der Waals surface area (Å²) in [4.78, 5) is 0. The maximum Gasteiger partial charge on any atom is 0.0624 e. The first-order chi connectivity index (χ1) is 5.40. The lowest BCUT2D eigenvalue weighted by Gasteiger charge is -2.04. The van der Waals surface area contributed by atoms with Gasteiger partial charge in [-0.3, -0.25) is 0 Å². The van der Waals surface area contributed by atoms with Gasteiger partial charge in [-0.05, 0) is 30.6 Å². The molecular formula is C10H15N. The number of nitriles is 1. The second-order valence-electron chi connectivity index (χ2n) is 4.15. The normalized spacial score (nSPS) is 41.9. The zero-order chi connectivity index (χ0) is 7.68. The first-order valence-corrected chi connectivity index (χ1v) is 4.77. The van der Waals surface area contributed by atoms with Crippen molar-refractivity contribution in [2.75, 3.05) is 0 Å². The van der Waals surface area contributed by atoms with Crippen LogP contribution in [0, 0.1) is 29.1 Å². The summed E-state index contributed by atoms with van der Waals surface area (Å²) in [6, 6.07) is 2.30. The Morgan fingerprint density at radius 3 is 2.36 bits per heavy atom. The zero-order valence-electron chi connectivity index (χ0n) is 6.92. The summed E-state index contributed by atoms with van der Waals surface area (Å²) in [5.74, 6) is 2.77. The fourth-order valence-electron chi connectivity index (χ4n) is 2.98. The molecule has 1 heteroatoms. The molecule has 0 N–H and O–H groups in total. The van der Waals surface area contributed by atoms with Gasteiger partial charge in [0, 0.05) is 6.42 Å². The van der Waals surface area contributed by atoms with Crippen molar-refractivity contribution in [2.45, 2.75) is 38.5 Å². The van der Waals surface area contributed by atoms with E-state index >= 15 is 0 Å². The molecular weight excluding hydrogens is 134 g/mol. The lowest BCUT2D eigenvalue weighted by Crippen LogP contribution is -1.95. The molecule has 11 heavy (non-hydrogen) atoms. The van der Waals surface area contributed by atoms with Crippen LogP contribution in [0.15, 0.2) is 0 Å². The summed E-state index contributed by atoms with van der Waals surface area (Å²) in [7, 11) is 0. The van der Waals surface area contributed by atoms with Crippen molar-refractivity contribution in [3.63, 3.8) is 0 Å². The maximum atomic E-state index is 8.54. The lowest BCUT2D eigenvalue weighted by atomic mass is 10.0. The summed E-state index contributed by atoms with van der Waals surface area (Å²) in [5, 5.41) is 8.54. The van der Waals surface area contributed by atoms with E-state index in [1.54, 1.807) is 0 Å². The van der Waals surface area contributed by atoms with E-state index in [0.717, 1.165) is 24.2 Å². The van der Waals surface area contributed by atoms with Gasteiger partial charge in [-0.25, -0.2) is 0 Å².